The molecule has 0 aromatic heterocycles. The van der Waals surface area contributed by atoms with Crippen molar-refractivity contribution in [2.45, 2.75) is 6.42 Å². The zero-order chi connectivity index (χ0) is 6.27. The van der Waals surface area contributed by atoms with Crippen LogP contribution in [0.4, 0.5) is 0 Å². The molecule has 2 rings (SSSR count). The smallest absolute Gasteiger partial charge is 0.299 e. The van der Waals surface area contributed by atoms with Crippen LogP contribution in [0.2, 0.25) is 0 Å². The van der Waals surface area contributed by atoms with Crippen molar-refractivity contribution in [3.63, 3.8) is 0 Å². The first-order valence-corrected chi connectivity index (χ1v) is 3.01. The average Bonchev–Trinajstić information content (AvgIpc) is 2.64. The molecule has 0 aliphatic heterocycles. The number of allylic oxidation sites excluding steroid dienone is 4. The van der Waals surface area contributed by atoms with Gasteiger partial charge in [-0.25, -0.2) is 0 Å². The van der Waals surface area contributed by atoms with E-state index in [-0.39, 0.29) is 0 Å². The molecule has 0 N–H and O–H groups in total. The van der Waals surface area contributed by atoms with Gasteiger partial charge in [0.25, 0.3) is 5.71 Å². The molecule has 0 aromatic carbocycles. The normalized spacial score (nSPS) is 28.7. The molecule has 2 aliphatic rings. The van der Waals surface area contributed by atoms with E-state index in [4.69, 9.17) is 5.53 Å². The summed E-state index contributed by atoms with van der Waals surface area (Å²) in [5.41, 5.74) is 10.6. The molecule has 2 aliphatic carbocycles. The summed E-state index contributed by atoms with van der Waals surface area (Å²) in [5, 5.41) is 0. The Morgan fingerprint density at radius 2 is 2.56 bits per heavy atom. The van der Waals surface area contributed by atoms with Gasteiger partial charge >= 0.3 is 0 Å². The van der Waals surface area contributed by atoms with Crippen LogP contribution in [0.15, 0.2) is 23.8 Å². The highest BCUT2D eigenvalue weighted by Crippen LogP contribution is 2.40. The number of hydrogen-bond donors (Lipinski definition) is 0. The molecule has 0 saturated heterocycles. The second-order valence-corrected chi connectivity index (χ2v) is 2.38. The third-order valence-corrected chi connectivity index (χ3v) is 1.78. The minimum Gasteiger partial charge on any atom is -0.361 e. The summed E-state index contributed by atoms with van der Waals surface area (Å²) in [4.78, 5) is 3.16. The van der Waals surface area contributed by atoms with Crippen molar-refractivity contribution < 1.29 is 4.79 Å². The lowest BCUT2D eigenvalue weighted by molar-refractivity contribution is -0.00715. The molecule has 0 aromatic rings. The molecule has 0 bridgehead atoms. The van der Waals surface area contributed by atoms with Crippen LogP contribution < -0.4 is 0 Å². The Labute approximate surface area is 53.1 Å². The minimum atomic E-state index is 0.458. The minimum absolute atomic E-state index is 0.458. The van der Waals surface area contributed by atoms with Gasteiger partial charge < -0.3 is 5.53 Å². The summed E-state index contributed by atoms with van der Waals surface area (Å²) in [6, 6.07) is 0. The van der Waals surface area contributed by atoms with E-state index in [0.29, 0.717) is 5.92 Å². The number of fused-ring (bicyclic) bond motifs is 1. The fraction of sp³-hybridized carbons (Fsp3) is 0.286. The van der Waals surface area contributed by atoms with Crippen LogP contribution in [0.25, 0.3) is 5.53 Å². The quantitative estimate of drug-likeness (QED) is 0.338. The molecule has 0 amide bonds. The lowest BCUT2D eigenvalue weighted by atomic mass is 10.1. The lowest BCUT2D eigenvalue weighted by Crippen LogP contribution is -1.98. The maximum Gasteiger partial charge on any atom is 0.299 e. The van der Waals surface area contributed by atoms with Crippen molar-refractivity contribution in [3.8, 4) is 0 Å². The summed E-state index contributed by atoms with van der Waals surface area (Å²) in [7, 11) is 0. The summed E-state index contributed by atoms with van der Waals surface area (Å²) >= 11 is 0. The highest BCUT2D eigenvalue weighted by molar-refractivity contribution is 5.99. The topological polar surface area (TPSA) is 36.4 Å². The molecular formula is C7H6N2. The predicted octanol–water partition coefficient (Wildman–Crippen LogP) is 1.17. The van der Waals surface area contributed by atoms with Gasteiger partial charge in [-0.3, -0.25) is 0 Å². The van der Waals surface area contributed by atoms with Gasteiger partial charge in [0.05, 0.1) is 5.92 Å². The van der Waals surface area contributed by atoms with Gasteiger partial charge in [0.2, 0.25) is 0 Å². The van der Waals surface area contributed by atoms with Crippen LogP contribution in [0.1, 0.15) is 6.42 Å². The largest absolute Gasteiger partial charge is 0.361 e. The first-order valence-electron chi connectivity index (χ1n) is 3.01. The van der Waals surface area contributed by atoms with E-state index in [1.54, 1.807) is 0 Å². The number of rotatable bonds is 0. The molecule has 9 heavy (non-hydrogen) atoms. The van der Waals surface area contributed by atoms with Gasteiger partial charge in [0.15, 0.2) is 0 Å². The van der Waals surface area contributed by atoms with Crippen molar-refractivity contribution in [1.29, 1.82) is 0 Å². The summed E-state index contributed by atoms with van der Waals surface area (Å²) in [6.45, 7) is 0. The van der Waals surface area contributed by atoms with Gasteiger partial charge in [-0.1, -0.05) is 17.7 Å². The molecule has 2 heteroatoms. The van der Waals surface area contributed by atoms with E-state index in [9.17, 15) is 0 Å². The van der Waals surface area contributed by atoms with Crippen LogP contribution in [-0.4, -0.2) is 10.5 Å². The number of nitrogens with zero attached hydrogens (tertiary/aromatic N) is 2. The third kappa shape index (κ3) is 0.570. The van der Waals surface area contributed by atoms with Crippen LogP contribution in [0.5, 0.6) is 0 Å². The Kier molecular flexibility index (Phi) is 0.746. The second-order valence-electron chi connectivity index (χ2n) is 2.38. The average molecular weight is 118 g/mol. The van der Waals surface area contributed by atoms with E-state index in [1.807, 2.05) is 12.2 Å². The maximum atomic E-state index is 8.40. The Balaban J connectivity index is 2.44. The van der Waals surface area contributed by atoms with Gasteiger partial charge in [-0.2, -0.15) is 4.79 Å². The SMILES string of the molecule is [N-]=[N+]=C1C=CC=C2CC21. The molecule has 1 atom stereocenters. The standard InChI is InChI=1S/C7H6N2/c8-9-7-3-1-2-5-4-6(5)7/h1-3,6H,4H2. The molecule has 0 heterocycles. The highest BCUT2D eigenvalue weighted by atomic mass is 14.9. The summed E-state index contributed by atoms with van der Waals surface area (Å²) in [6.07, 6.45) is 6.95. The third-order valence-electron chi connectivity index (χ3n) is 1.78. The molecule has 44 valence electrons. The Bertz CT molecular complexity index is 254. The predicted molar refractivity (Wildman–Crippen MR) is 34.0 cm³/mol. The van der Waals surface area contributed by atoms with Gasteiger partial charge in [-0.05, 0) is 6.42 Å². The van der Waals surface area contributed by atoms with Crippen molar-refractivity contribution >= 4 is 5.71 Å². The van der Waals surface area contributed by atoms with Gasteiger partial charge in [-0.15, -0.1) is 0 Å². The molecule has 1 unspecified atom stereocenters. The molecule has 0 radical (unpaired) electrons. The zero-order valence-corrected chi connectivity index (χ0v) is 4.91. The first kappa shape index (κ1) is 4.71. The molecular weight excluding hydrogens is 112 g/mol. The van der Waals surface area contributed by atoms with E-state index < -0.39 is 0 Å². The Hall–Kier alpha value is -1.14. The highest BCUT2D eigenvalue weighted by Gasteiger charge is 2.39. The van der Waals surface area contributed by atoms with Crippen molar-refractivity contribution in [2.24, 2.45) is 5.92 Å². The molecule has 0 spiro atoms. The zero-order valence-electron chi connectivity index (χ0n) is 4.91. The van der Waals surface area contributed by atoms with Crippen LogP contribution in [0.3, 0.4) is 0 Å². The van der Waals surface area contributed by atoms with Crippen LogP contribution in [-0.2, 0) is 0 Å². The van der Waals surface area contributed by atoms with E-state index in [1.165, 1.54) is 5.57 Å². The fourth-order valence-electron chi connectivity index (χ4n) is 1.14. The van der Waals surface area contributed by atoms with Gasteiger partial charge in [0.1, 0.15) is 0 Å². The molecule has 1 fully saturated rings. The second kappa shape index (κ2) is 1.42. The van der Waals surface area contributed by atoms with Crippen molar-refractivity contribution in [3.05, 3.63) is 29.3 Å². The monoisotopic (exact) mass is 118 g/mol. The summed E-state index contributed by atoms with van der Waals surface area (Å²) < 4.78 is 0. The van der Waals surface area contributed by atoms with E-state index in [2.05, 4.69) is 10.9 Å². The van der Waals surface area contributed by atoms with Crippen LogP contribution >= 0.6 is 0 Å². The van der Waals surface area contributed by atoms with E-state index in [0.717, 1.165) is 12.1 Å². The lowest BCUT2D eigenvalue weighted by Gasteiger charge is -1.84. The maximum absolute atomic E-state index is 8.40. The first-order chi connectivity index (χ1) is 4.42. The number of hydrogen-bond acceptors (Lipinski definition) is 0. The van der Waals surface area contributed by atoms with Crippen molar-refractivity contribution in [2.75, 3.05) is 0 Å². The Morgan fingerprint density at radius 3 is 3.22 bits per heavy atom. The fourth-order valence-corrected chi connectivity index (χ4v) is 1.14. The van der Waals surface area contributed by atoms with Crippen molar-refractivity contribution in [1.82, 2.24) is 0 Å². The summed E-state index contributed by atoms with van der Waals surface area (Å²) in [5.74, 6) is 0.458. The molecule has 1 saturated carbocycles. The molecule has 2 nitrogen and oxygen atoms in total. The van der Waals surface area contributed by atoms with Gasteiger partial charge in [0, 0.05) is 6.08 Å². The van der Waals surface area contributed by atoms with Crippen LogP contribution in [0, 0.1) is 5.92 Å². The Morgan fingerprint density at radius 1 is 1.67 bits per heavy atom. The van der Waals surface area contributed by atoms with E-state index >= 15 is 0 Å².